The number of nitro groups is 1. The highest BCUT2D eigenvalue weighted by molar-refractivity contribution is 5.89. The smallest absolute Gasteiger partial charge is 0.314 e. The van der Waals surface area contributed by atoms with E-state index in [4.69, 9.17) is 9.47 Å². The van der Waals surface area contributed by atoms with Gasteiger partial charge in [0.2, 0.25) is 11.7 Å². The molecule has 2 aromatic carbocycles. The van der Waals surface area contributed by atoms with Gasteiger partial charge in [-0.1, -0.05) is 19.1 Å². The summed E-state index contributed by atoms with van der Waals surface area (Å²) >= 11 is 0. The number of para-hydroxylation sites is 2. The van der Waals surface area contributed by atoms with Gasteiger partial charge in [-0.15, -0.1) is 0 Å². The maximum Gasteiger partial charge on any atom is 0.314 e. The van der Waals surface area contributed by atoms with E-state index in [1.54, 1.807) is 19.1 Å². The van der Waals surface area contributed by atoms with Crippen molar-refractivity contribution in [1.82, 2.24) is 0 Å². The van der Waals surface area contributed by atoms with Crippen molar-refractivity contribution in [2.75, 3.05) is 5.32 Å². The molecule has 9 heteroatoms. The van der Waals surface area contributed by atoms with Crippen molar-refractivity contribution < 1.29 is 28.4 Å². The van der Waals surface area contributed by atoms with Gasteiger partial charge < -0.3 is 14.8 Å². The fourth-order valence-electron chi connectivity index (χ4n) is 1.98. The van der Waals surface area contributed by atoms with E-state index < -0.39 is 28.3 Å². The van der Waals surface area contributed by atoms with Crippen LogP contribution in [0.4, 0.5) is 15.8 Å². The van der Waals surface area contributed by atoms with Gasteiger partial charge in [-0.25, -0.2) is 4.39 Å². The highest BCUT2D eigenvalue weighted by Crippen LogP contribution is 2.39. The molecule has 0 spiro atoms. The van der Waals surface area contributed by atoms with Crippen molar-refractivity contribution in [3.05, 3.63) is 52.3 Å². The Labute approximate surface area is 147 Å². The first-order valence-corrected chi connectivity index (χ1v) is 7.55. The van der Waals surface area contributed by atoms with Crippen molar-refractivity contribution in [3.63, 3.8) is 0 Å². The molecule has 0 atom stereocenters. The summed E-state index contributed by atoms with van der Waals surface area (Å²) in [7, 11) is 0. The Morgan fingerprint density at radius 2 is 1.85 bits per heavy atom. The summed E-state index contributed by atoms with van der Waals surface area (Å²) < 4.78 is 24.5. The molecular formula is C17H15FN2O6. The van der Waals surface area contributed by atoms with Crippen LogP contribution < -0.4 is 14.8 Å². The monoisotopic (exact) mass is 362 g/mol. The summed E-state index contributed by atoms with van der Waals surface area (Å²) in [6.45, 7) is 2.78. The van der Waals surface area contributed by atoms with Gasteiger partial charge in [0, 0.05) is 19.4 Å². The van der Waals surface area contributed by atoms with Crippen LogP contribution in [0.3, 0.4) is 0 Å². The molecule has 0 saturated heterocycles. The van der Waals surface area contributed by atoms with Crippen LogP contribution in [0.2, 0.25) is 0 Å². The van der Waals surface area contributed by atoms with Crippen molar-refractivity contribution in [2.24, 2.45) is 0 Å². The van der Waals surface area contributed by atoms with Crippen LogP contribution in [-0.2, 0) is 9.59 Å². The Bertz CT molecular complexity index is 868. The molecule has 0 aliphatic heterocycles. The largest absolute Gasteiger partial charge is 0.446 e. The molecule has 8 nitrogen and oxygen atoms in total. The number of hydrogen-bond donors (Lipinski definition) is 1. The second-order valence-electron chi connectivity index (χ2n) is 5.11. The maximum absolute atomic E-state index is 13.9. The highest BCUT2D eigenvalue weighted by Gasteiger charge is 2.22. The minimum Gasteiger partial charge on any atom is -0.446 e. The van der Waals surface area contributed by atoms with Crippen LogP contribution in [0, 0.1) is 15.9 Å². The average Bonchev–Trinajstić information content (AvgIpc) is 2.58. The van der Waals surface area contributed by atoms with E-state index in [9.17, 15) is 24.1 Å². The molecular weight excluding hydrogens is 347 g/mol. The van der Waals surface area contributed by atoms with Crippen molar-refractivity contribution in [2.45, 2.75) is 20.3 Å². The number of nitrogens with zero attached hydrogens (tertiary/aromatic N) is 1. The molecule has 0 fully saturated rings. The first-order chi connectivity index (χ1) is 12.3. The molecule has 0 aliphatic rings. The van der Waals surface area contributed by atoms with Crippen molar-refractivity contribution >= 4 is 23.3 Å². The molecule has 2 rings (SSSR count). The summed E-state index contributed by atoms with van der Waals surface area (Å²) in [6.07, 6.45) is 0.123. The van der Waals surface area contributed by atoms with E-state index in [2.05, 4.69) is 5.32 Å². The van der Waals surface area contributed by atoms with Gasteiger partial charge >= 0.3 is 11.7 Å². The number of amides is 1. The maximum atomic E-state index is 13.9. The van der Waals surface area contributed by atoms with Crippen molar-refractivity contribution in [3.8, 4) is 17.2 Å². The summed E-state index contributed by atoms with van der Waals surface area (Å²) in [5, 5.41) is 13.4. The summed E-state index contributed by atoms with van der Waals surface area (Å²) in [4.78, 5) is 33.0. The third-order valence-corrected chi connectivity index (χ3v) is 3.14. The predicted octanol–water partition coefficient (Wildman–Crippen LogP) is 3.80. The molecule has 0 saturated carbocycles. The SMILES string of the molecule is CCC(=O)Oc1ccccc1Oc1cc(NC(C)=O)c(F)cc1[N+](=O)[O-]. The number of nitrogens with one attached hydrogen (secondary N) is 1. The summed E-state index contributed by atoms with van der Waals surface area (Å²) in [5.41, 5.74) is -0.922. The lowest BCUT2D eigenvalue weighted by molar-refractivity contribution is -0.385. The second kappa shape index (κ2) is 8.06. The first-order valence-electron chi connectivity index (χ1n) is 7.55. The standard InChI is InChI=1S/C17H15FN2O6/c1-3-17(22)26-15-7-5-4-6-14(15)25-16-9-12(19-10(2)21)11(18)8-13(16)20(23)24/h4-9H,3H2,1-2H3,(H,19,21). The Morgan fingerprint density at radius 3 is 2.42 bits per heavy atom. The number of anilines is 1. The summed E-state index contributed by atoms with van der Waals surface area (Å²) in [6, 6.07) is 7.68. The van der Waals surface area contributed by atoms with E-state index in [1.165, 1.54) is 19.1 Å². The number of ether oxygens (including phenoxy) is 2. The average molecular weight is 362 g/mol. The minimum absolute atomic E-state index is 0.0257. The number of benzene rings is 2. The van der Waals surface area contributed by atoms with Crippen LogP contribution in [-0.4, -0.2) is 16.8 Å². The number of carbonyl (C=O) groups is 2. The zero-order valence-corrected chi connectivity index (χ0v) is 13.9. The molecule has 0 unspecified atom stereocenters. The van der Waals surface area contributed by atoms with Crippen molar-refractivity contribution in [1.29, 1.82) is 0 Å². The fraction of sp³-hybridized carbons (Fsp3) is 0.176. The zero-order chi connectivity index (χ0) is 19.3. The van der Waals surface area contributed by atoms with Gasteiger partial charge in [-0.2, -0.15) is 0 Å². The lowest BCUT2D eigenvalue weighted by Gasteiger charge is -2.12. The number of esters is 1. The molecule has 1 amide bonds. The Kier molecular flexibility index (Phi) is 5.84. The number of halogens is 1. The molecule has 1 N–H and O–H groups in total. The molecule has 136 valence electrons. The molecule has 0 radical (unpaired) electrons. The molecule has 0 heterocycles. The third-order valence-electron chi connectivity index (χ3n) is 3.14. The summed E-state index contributed by atoms with van der Waals surface area (Å²) in [5.74, 6) is -2.29. The molecule has 0 aliphatic carbocycles. The molecule has 0 bridgehead atoms. The quantitative estimate of drug-likeness (QED) is 0.362. The highest BCUT2D eigenvalue weighted by atomic mass is 19.1. The van der Waals surface area contributed by atoms with Crippen LogP contribution in [0.15, 0.2) is 36.4 Å². The normalized spacial score (nSPS) is 10.1. The number of nitro benzene ring substituents is 1. The number of hydrogen-bond acceptors (Lipinski definition) is 6. The first kappa shape index (κ1) is 18.8. The molecule has 0 aromatic heterocycles. The van der Waals surface area contributed by atoms with Crippen LogP contribution in [0.1, 0.15) is 20.3 Å². The molecule has 26 heavy (non-hydrogen) atoms. The van der Waals surface area contributed by atoms with Gasteiger partial charge in [0.05, 0.1) is 16.7 Å². The number of rotatable bonds is 6. The van der Waals surface area contributed by atoms with Crippen LogP contribution in [0.25, 0.3) is 0 Å². The lowest BCUT2D eigenvalue weighted by atomic mass is 10.2. The van der Waals surface area contributed by atoms with Gasteiger partial charge in [-0.3, -0.25) is 19.7 Å². The Balaban J connectivity index is 2.46. The third kappa shape index (κ3) is 4.53. The Morgan fingerprint density at radius 1 is 1.19 bits per heavy atom. The second-order valence-corrected chi connectivity index (χ2v) is 5.11. The Hall–Kier alpha value is -3.49. The van der Waals surface area contributed by atoms with E-state index in [1.807, 2.05) is 0 Å². The predicted molar refractivity (Wildman–Crippen MR) is 89.8 cm³/mol. The van der Waals surface area contributed by atoms with Crippen LogP contribution in [0.5, 0.6) is 17.2 Å². The van der Waals surface area contributed by atoms with E-state index >= 15 is 0 Å². The number of carbonyl (C=O) groups excluding carboxylic acids is 2. The van der Waals surface area contributed by atoms with E-state index in [0.29, 0.717) is 6.07 Å². The van der Waals surface area contributed by atoms with Gasteiger partial charge in [0.1, 0.15) is 0 Å². The van der Waals surface area contributed by atoms with Gasteiger partial charge in [0.25, 0.3) is 0 Å². The lowest BCUT2D eigenvalue weighted by Crippen LogP contribution is -2.09. The van der Waals surface area contributed by atoms with E-state index in [-0.39, 0.29) is 29.4 Å². The van der Waals surface area contributed by atoms with Gasteiger partial charge in [0.15, 0.2) is 17.3 Å². The van der Waals surface area contributed by atoms with E-state index in [0.717, 1.165) is 6.07 Å². The zero-order valence-electron chi connectivity index (χ0n) is 13.9. The fourth-order valence-corrected chi connectivity index (χ4v) is 1.98. The van der Waals surface area contributed by atoms with Crippen LogP contribution >= 0.6 is 0 Å². The van der Waals surface area contributed by atoms with Gasteiger partial charge in [-0.05, 0) is 12.1 Å². The minimum atomic E-state index is -0.982. The topological polar surface area (TPSA) is 108 Å². The molecule has 2 aromatic rings.